The van der Waals surface area contributed by atoms with Crippen molar-refractivity contribution >= 4 is 33.2 Å². The highest BCUT2D eigenvalue weighted by Gasteiger charge is 2.10. The summed E-state index contributed by atoms with van der Waals surface area (Å²) in [4.78, 5) is 20.9. The quantitative estimate of drug-likeness (QED) is 0.944. The number of thiophene rings is 1. The SMILES string of the molecule is Cc1cnc(CNC(=O)c2cc(C)c(Br)s2)cn1. The number of amides is 1. The molecule has 1 amide bonds. The third-order valence-electron chi connectivity index (χ3n) is 2.35. The zero-order valence-corrected chi connectivity index (χ0v) is 12.4. The van der Waals surface area contributed by atoms with Crippen LogP contribution in [-0.4, -0.2) is 15.9 Å². The molecule has 0 aliphatic heterocycles. The molecule has 0 radical (unpaired) electrons. The monoisotopic (exact) mass is 325 g/mol. The number of aryl methyl sites for hydroxylation is 2. The maximum Gasteiger partial charge on any atom is 0.261 e. The summed E-state index contributed by atoms with van der Waals surface area (Å²) in [6, 6.07) is 1.87. The van der Waals surface area contributed by atoms with Crippen LogP contribution in [0.1, 0.15) is 26.6 Å². The van der Waals surface area contributed by atoms with E-state index in [1.165, 1.54) is 11.3 Å². The molecule has 2 aromatic heterocycles. The Morgan fingerprint density at radius 3 is 2.72 bits per heavy atom. The van der Waals surface area contributed by atoms with Crippen LogP contribution in [0.2, 0.25) is 0 Å². The van der Waals surface area contributed by atoms with Gasteiger partial charge in [-0.2, -0.15) is 0 Å². The standard InChI is InChI=1S/C12H12BrN3OS/c1-7-3-10(18-11(7)13)12(17)16-6-9-5-14-8(2)4-15-9/h3-5H,6H2,1-2H3,(H,16,17). The number of nitrogens with zero attached hydrogens (tertiary/aromatic N) is 2. The number of nitrogens with one attached hydrogen (secondary N) is 1. The normalized spacial score (nSPS) is 10.4. The summed E-state index contributed by atoms with van der Waals surface area (Å²) in [7, 11) is 0. The van der Waals surface area contributed by atoms with E-state index >= 15 is 0 Å². The van der Waals surface area contributed by atoms with Crippen LogP contribution in [-0.2, 0) is 6.54 Å². The first-order chi connectivity index (χ1) is 8.56. The van der Waals surface area contributed by atoms with Crippen molar-refractivity contribution in [3.05, 3.63) is 44.1 Å². The van der Waals surface area contributed by atoms with E-state index in [0.29, 0.717) is 11.4 Å². The molecule has 0 unspecified atom stereocenters. The van der Waals surface area contributed by atoms with Gasteiger partial charge in [-0.3, -0.25) is 14.8 Å². The minimum Gasteiger partial charge on any atom is -0.346 e. The van der Waals surface area contributed by atoms with E-state index in [1.807, 2.05) is 19.9 Å². The Kier molecular flexibility index (Phi) is 4.08. The van der Waals surface area contributed by atoms with E-state index in [1.54, 1.807) is 12.4 Å². The molecule has 6 heteroatoms. The van der Waals surface area contributed by atoms with Crippen LogP contribution in [0.25, 0.3) is 0 Å². The van der Waals surface area contributed by atoms with E-state index in [2.05, 4.69) is 31.2 Å². The lowest BCUT2D eigenvalue weighted by Gasteiger charge is -2.02. The fourth-order valence-corrected chi connectivity index (χ4v) is 2.79. The van der Waals surface area contributed by atoms with Crippen molar-refractivity contribution in [2.24, 2.45) is 0 Å². The molecule has 0 spiro atoms. The average molecular weight is 326 g/mol. The van der Waals surface area contributed by atoms with Gasteiger partial charge in [0, 0.05) is 6.20 Å². The molecule has 2 aromatic rings. The van der Waals surface area contributed by atoms with Crippen molar-refractivity contribution in [1.82, 2.24) is 15.3 Å². The molecule has 0 atom stereocenters. The van der Waals surface area contributed by atoms with E-state index < -0.39 is 0 Å². The Labute approximate surface area is 118 Å². The van der Waals surface area contributed by atoms with Gasteiger partial charge >= 0.3 is 0 Å². The van der Waals surface area contributed by atoms with Gasteiger partial charge in [-0.05, 0) is 41.4 Å². The molecule has 4 nitrogen and oxygen atoms in total. The molecule has 2 rings (SSSR count). The molecule has 18 heavy (non-hydrogen) atoms. The molecular formula is C12H12BrN3OS. The molecule has 0 bridgehead atoms. The molecule has 0 aromatic carbocycles. The predicted molar refractivity (Wildman–Crippen MR) is 74.7 cm³/mol. The first kappa shape index (κ1) is 13.2. The van der Waals surface area contributed by atoms with Gasteiger partial charge in [0.25, 0.3) is 5.91 Å². The third kappa shape index (κ3) is 3.14. The largest absolute Gasteiger partial charge is 0.346 e. The summed E-state index contributed by atoms with van der Waals surface area (Å²) in [5.41, 5.74) is 2.68. The van der Waals surface area contributed by atoms with Gasteiger partial charge in [0.2, 0.25) is 0 Å². The Balaban J connectivity index is 1.98. The van der Waals surface area contributed by atoms with Crippen molar-refractivity contribution in [2.75, 3.05) is 0 Å². The zero-order valence-electron chi connectivity index (χ0n) is 10.0. The van der Waals surface area contributed by atoms with Crippen LogP contribution in [0, 0.1) is 13.8 Å². The number of aromatic nitrogens is 2. The maximum atomic E-state index is 11.9. The van der Waals surface area contributed by atoms with Gasteiger partial charge in [0.05, 0.1) is 32.8 Å². The minimum absolute atomic E-state index is 0.0869. The van der Waals surface area contributed by atoms with Crippen LogP contribution in [0.15, 0.2) is 22.2 Å². The number of carbonyl (C=O) groups excluding carboxylic acids is 1. The van der Waals surface area contributed by atoms with E-state index in [9.17, 15) is 4.79 Å². The second kappa shape index (κ2) is 5.58. The minimum atomic E-state index is -0.0869. The number of rotatable bonds is 3. The molecule has 0 saturated heterocycles. The van der Waals surface area contributed by atoms with Gasteiger partial charge in [0.1, 0.15) is 0 Å². The first-order valence-corrected chi connectivity index (χ1v) is 6.99. The maximum absolute atomic E-state index is 11.9. The second-order valence-electron chi connectivity index (χ2n) is 3.90. The Bertz CT molecular complexity index is 546. The van der Waals surface area contributed by atoms with Crippen LogP contribution >= 0.6 is 27.3 Å². The molecule has 0 aliphatic carbocycles. The Morgan fingerprint density at radius 2 is 2.17 bits per heavy atom. The summed E-state index contributed by atoms with van der Waals surface area (Å²) in [5, 5.41) is 2.82. The Morgan fingerprint density at radius 1 is 1.39 bits per heavy atom. The highest BCUT2D eigenvalue weighted by Crippen LogP contribution is 2.27. The fraction of sp³-hybridized carbons (Fsp3) is 0.250. The summed E-state index contributed by atoms with van der Waals surface area (Å²) < 4.78 is 0.989. The topological polar surface area (TPSA) is 54.9 Å². The van der Waals surface area contributed by atoms with Gasteiger partial charge in [-0.15, -0.1) is 11.3 Å². The number of halogens is 1. The van der Waals surface area contributed by atoms with Crippen LogP contribution in [0.5, 0.6) is 0 Å². The summed E-state index contributed by atoms with van der Waals surface area (Å²) >= 11 is 4.83. The lowest BCUT2D eigenvalue weighted by Crippen LogP contribution is -2.22. The van der Waals surface area contributed by atoms with E-state index in [0.717, 1.165) is 20.7 Å². The summed E-state index contributed by atoms with van der Waals surface area (Å²) in [5.74, 6) is -0.0869. The van der Waals surface area contributed by atoms with Crippen molar-refractivity contribution in [3.8, 4) is 0 Å². The average Bonchev–Trinajstić information content (AvgIpc) is 2.69. The summed E-state index contributed by atoms with van der Waals surface area (Å²) in [6.07, 6.45) is 3.36. The van der Waals surface area contributed by atoms with Gasteiger partial charge < -0.3 is 5.32 Å². The van der Waals surface area contributed by atoms with Crippen molar-refractivity contribution < 1.29 is 4.79 Å². The third-order valence-corrected chi connectivity index (χ3v) is 4.48. The molecule has 1 N–H and O–H groups in total. The van der Waals surface area contributed by atoms with Gasteiger partial charge in [-0.1, -0.05) is 0 Å². The first-order valence-electron chi connectivity index (χ1n) is 5.38. The molecular weight excluding hydrogens is 314 g/mol. The smallest absolute Gasteiger partial charge is 0.261 e. The number of hydrogen-bond donors (Lipinski definition) is 1. The molecule has 94 valence electrons. The van der Waals surface area contributed by atoms with Crippen LogP contribution in [0.4, 0.5) is 0 Å². The highest BCUT2D eigenvalue weighted by atomic mass is 79.9. The highest BCUT2D eigenvalue weighted by molar-refractivity contribution is 9.11. The van der Waals surface area contributed by atoms with Crippen LogP contribution < -0.4 is 5.32 Å². The number of hydrogen-bond acceptors (Lipinski definition) is 4. The summed E-state index contributed by atoms with van der Waals surface area (Å²) in [6.45, 7) is 4.23. The predicted octanol–water partition coefficient (Wildman–Crippen LogP) is 2.85. The van der Waals surface area contributed by atoms with E-state index in [-0.39, 0.29) is 5.91 Å². The van der Waals surface area contributed by atoms with Crippen molar-refractivity contribution in [1.29, 1.82) is 0 Å². The molecule has 0 saturated carbocycles. The fourth-order valence-electron chi connectivity index (χ4n) is 1.34. The van der Waals surface area contributed by atoms with E-state index in [4.69, 9.17) is 0 Å². The molecule has 0 fully saturated rings. The van der Waals surface area contributed by atoms with Crippen molar-refractivity contribution in [2.45, 2.75) is 20.4 Å². The zero-order chi connectivity index (χ0) is 13.1. The van der Waals surface area contributed by atoms with Gasteiger partial charge in [0.15, 0.2) is 0 Å². The van der Waals surface area contributed by atoms with Crippen LogP contribution in [0.3, 0.4) is 0 Å². The lowest BCUT2D eigenvalue weighted by molar-refractivity contribution is 0.0954. The molecule has 2 heterocycles. The molecule has 0 aliphatic rings. The second-order valence-corrected chi connectivity index (χ2v) is 6.27. The lowest BCUT2D eigenvalue weighted by atomic mass is 10.3. The Hall–Kier alpha value is -1.27. The number of carbonyl (C=O) groups is 1. The van der Waals surface area contributed by atoms with Gasteiger partial charge in [-0.25, -0.2) is 0 Å². The van der Waals surface area contributed by atoms with Crippen molar-refractivity contribution in [3.63, 3.8) is 0 Å².